The summed E-state index contributed by atoms with van der Waals surface area (Å²) >= 11 is 0. The molecule has 5 heteroatoms. The highest BCUT2D eigenvalue weighted by atomic mass is 15.2. The first kappa shape index (κ1) is 14.9. The monoisotopic (exact) mass is 297 g/mol. The summed E-state index contributed by atoms with van der Waals surface area (Å²) in [6.07, 6.45) is 9.32. The van der Waals surface area contributed by atoms with E-state index in [-0.39, 0.29) is 0 Å². The Morgan fingerprint density at radius 2 is 2.14 bits per heavy atom. The van der Waals surface area contributed by atoms with E-state index in [1.54, 1.807) is 0 Å². The maximum Gasteiger partial charge on any atom is 0.225 e. The van der Waals surface area contributed by atoms with Gasteiger partial charge in [0.15, 0.2) is 0 Å². The zero-order valence-electron chi connectivity index (χ0n) is 13.3. The first-order chi connectivity index (χ1) is 10.7. The standard InChI is InChI=1S/C17H23N5/c1-21(2)17-19-10-8-15(20-17)16-7-3-4-11-22(16)13-14-6-5-9-18-12-14/h5-6,8-10,12,16H,3-4,7,11,13H2,1-2H3. The predicted molar refractivity (Wildman–Crippen MR) is 87.6 cm³/mol. The van der Waals surface area contributed by atoms with Crippen LogP contribution in [0.25, 0.3) is 0 Å². The fourth-order valence-electron chi connectivity index (χ4n) is 3.00. The van der Waals surface area contributed by atoms with E-state index in [0.29, 0.717) is 6.04 Å². The number of hydrogen-bond acceptors (Lipinski definition) is 5. The Morgan fingerprint density at radius 1 is 1.23 bits per heavy atom. The second-order valence-corrected chi connectivity index (χ2v) is 6.02. The molecule has 22 heavy (non-hydrogen) atoms. The molecule has 3 heterocycles. The molecule has 0 amide bonds. The molecule has 1 saturated heterocycles. The summed E-state index contributed by atoms with van der Waals surface area (Å²) in [5.74, 6) is 0.782. The van der Waals surface area contributed by atoms with Crippen molar-refractivity contribution in [2.45, 2.75) is 31.8 Å². The van der Waals surface area contributed by atoms with E-state index in [0.717, 1.165) is 31.2 Å². The Labute approximate surface area is 132 Å². The molecule has 5 nitrogen and oxygen atoms in total. The van der Waals surface area contributed by atoms with E-state index in [4.69, 9.17) is 4.98 Å². The van der Waals surface area contributed by atoms with Crippen LogP contribution in [-0.4, -0.2) is 40.5 Å². The van der Waals surface area contributed by atoms with Crippen LogP contribution >= 0.6 is 0 Å². The molecule has 1 unspecified atom stereocenters. The molecule has 2 aromatic heterocycles. The normalized spacial score (nSPS) is 19.1. The molecule has 0 bridgehead atoms. The highest BCUT2D eigenvalue weighted by molar-refractivity contribution is 5.28. The fraction of sp³-hybridized carbons (Fsp3) is 0.471. The van der Waals surface area contributed by atoms with E-state index in [1.165, 1.54) is 18.4 Å². The van der Waals surface area contributed by atoms with Crippen LogP contribution in [0.15, 0.2) is 36.8 Å². The Hall–Kier alpha value is -2.01. The first-order valence-corrected chi connectivity index (χ1v) is 7.87. The molecule has 1 fully saturated rings. The summed E-state index contributed by atoms with van der Waals surface area (Å²) in [7, 11) is 3.96. The molecule has 0 aromatic carbocycles. The van der Waals surface area contributed by atoms with Crippen molar-refractivity contribution in [2.75, 3.05) is 25.5 Å². The van der Waals surface area contributed by atoms with Crippen molar-refractivity contribution in [3.63, 3.8) is 0 Å². The lowest BCUT2D eigenvalue weighted by atomic mass is 9.98. The van der Waals surface area contributed by atoms with Crippen molar-refractivity contribution >= 4 is 5.95 Å². The molecule has 0 radical (unpaired) electrons. The van der Waals surface area contributed by atoms with Crippen molar-refractivity contribution in [2.24, 2.45) is 0 Å². The molecule has 0 spiro atoms. The van der Waals surface area contributed by atoms with Gasteiger partial charge in [-0.25, -0.2) is 9.97 Å². The number of pyridine rings is 1. The number of rotatable bonds is 4. The Balaban J connectivity index is 1.82. The van der Waals surface area contributed by atoms with Crippen molar-refractivity contribution in [1.29, 1.82) is 0 Å². The van der Waals surface area contributed by atoms with E-state index in [9.17, 15) is 0 Å². The summed E-state index contributed by atoms with van der Waals surface area (Å²) in [6, 6.07) is 6.57. The molecule has 2 aromatic rings. The average Bonchev–Trinajstić information content (AvgIpc) is 2.56. The first-order valence-electron chi connectivity index (χ1n) is 7.87. The van der Waals surface area contributed by atoms with E-state index >= 15 is 0 Å². The third-order valence-corrected chi connectivity index (χ3v) is 4.13. The van der Waals surface area contributed by atoms with Crippen LogP contribution in [0.1, 0.15) is 36.6 Å². The van der Waals surface area contributed by atoms with Gasteiger partial charge in [-0.3, -0.25) is 9.88 Å². The summed E-state index contributed by atoms with van der Waals surface area (Å²) in [5, 5.41) is 0. The van der Waals surface area contributed by atoms with Gasteiger partial charge in [0.2, 0.25) is 5.95 Å². The average molecular weight is 297 g/mol. The number of aromatic nitrogens is 3. The Kier molecular flexibility index (Phi) is 4.63. The summed E-state index contributed by atoms with van der Waals surface area (Å²) in [5.41, 5.74) is 2.39. The molecule has 0 aliphatic carbocycles. The van der Waals surface area contributed by atoms with Gasteiger partial charge < -0.3 is 4.90 Å². The molecule has 116 valence electrons. The molecular weight excluding hydrogens is 274 g/mol. The van der Waals surface area contributed by atoms with E-state index in [2.05, 4.69) is 27.0 Å². The number of anilines is 1. The van der Waals surface area contributed by atoms with Gasteiger partial charge in [0.1, 0.15) is 0 Å². The number of likely N-dealkylation sites (tertiary alicyclic amines) is 1. The molecule has 1 aliphatic rings. The summed E-state index contributed by atoms with van der Waals surface area (Å²) in [6.45, 7) is 2.04. The Bertz CT molecular complexity index is 599. The van der Waals surface area contributed by atoms with Crippen molar-refractivity contribution in [3.8, 4) is 0 Å². The summed E-state index contributed by atoms with van der Waals surface area (Å²) in [4.78, 5) is 17.8. The van der Waals surface area contributed by atoms with Crippen molar-refractivity contribution < 1.29 is 0 Å². The number of piperidine rings is 1. The second kappa shape index (κ2) is 6.83. The van der Waals surface area contributed by atoms with Gasteiger partial charge in [-0.1, -0.05) is 12.5 Å². The van der Waals surface area contributed by atoms with Gasteiger partial charge in [0.25, 0.3) is 0 Å². The predicted octanol–water partition coefficient (Wildman–Crippen LogP) is 2.66. The number of hydrogen-bond donors (Lipinski definition) is 0. The third kappa shape index (κ3) is 3.42. The van der Waals surface area contributed by atoms with Gasteiger partial charge in [-0.05, 0) is 37.1 Å². The number of nitrogens with zero attached hydrogens (tertiary/aromatic N) is 5. The third-order valence-electron chi connectivity index (χ3n) is 4.13. The van der Waals surface area contributed by atoms with Gasteiger partial charge in [0, 0.05) is 39.2 Å². The van der Waals surface area contributed by atoms with Crippen LogP contribution in [0.4, 0.5) is 5.95 Å². The van der Waals surface area contributed by atoms with Crippen molar-refractivity contribution in [1.82, 2.24) is 19.9 Å². The van der Waals surface area contributed by atoms with Crippen LogP contribution in [0.3, 0.4) is 0 Å². The van der Waals surface area contributed by atoms with Crippen LogP contribution in [0.2, 0.25) is 0 Å². The van der Waals surface area contributed by atoms with Gasteiger partial charge >= 0.3 is 0 Å². The zero-order chi connectivity index (χ0) is 15.4. The molecular formula is C17H23N5. The minimum absolute atomic E-state index is 0.371. The molecule has 0 saturated carbocycles. The van der Waals surface area contributed by atoms with Gasteiger partial charge in [-0.2, -0.15) is 0 Å². The molecule has 1 aliphatic heterocycles. The topological polar surface area (TPSA) is 45.2 Å². The van der Waals surface area contributed by atoms with Gasteiger partial charge in [-0.15, -0.1) is 0 Å². The lowest BCUT2D eigenvalue weighted by Gasteiger charge is -2.35. The summed E-state index contributed by atoms with van der Waals surface area (Å²) < 4.78 is 0. The van der Waals surface area contributed by atoms with E-state index in [1.807, 2.05) is 43.7 Å². The van der Waals surface area contributed by atoms with Gasteiger partial charge in [0.05, 0.1) is 11.7 Å². The van der Waals surface area contributed by atoms with Crippen LogP contribution in [-0.2, 0) is 6.54 Å². The Morgan fingerprint density at radius 3 is 2.91 bits per heavy atom. The smallest absolute Gasteiger partial charge is 0.225 e. The lowest BCUT2D eigenvalue weighted by molar-refractivity contribution is 0.137. The SMILES string of the molecule is CN(C)c1nccc(C2CCCCN2Cc2cccnc2)n1. The largest absolute Gasteiger partial charge is 0.347 e. The van der Waals surface area contributed by atoms with Crippen LogP contribution in [0, 0.1) is 0 Å². The maximum absolute atomic E-state index is 4.75. The lowest BCUT2D eigenvalue weighted by Crippen LogP contribution is -2.33. The minimum Gasteiger partial charge on any atom is -0.347 e. The maximum atomic E-state index is 4.75. The highest BCUT2D eigenvalue weighted by Crippen LogP contribution is 2.31. The second-order valence-electron chi connectivity index (χ2n) is 6.02. The van der Waals surface area contributed by atoms with E-state index < -0.39 is 0 Å². The van der Waals surface area contributed by atoms with Crippen molar-refractivity contribution in [3.05, 3.63) is 48.0 Å². The van der Waals surface area contributed by atoms with Crippen LogP contribution < -0.4 is 4.90 Å². The quantitative estimate of drug-likeness (QED) is 0.868. The highest BCUT2D eigenvalue weighted by Gasteiger charge is 2.25. The molecule has 0 N–H and O–H groups in total. The van der Waals surface area contributed by atoms with Crippen LogP contribution in [0.5, 0.6) is 0 Å². The molecule has 1 atom stereocenters. The minimum atomic E-state index is 0.371. The fourth-order valence-corrected chi connectivity index (χ4v) is 3.00. The molecule has 3 rings (SSSR count). The zero-order valence-corrected chi connectivity index (χ0v) is 13.3.